The van der Waals surface area contributed by atoms with E-state index in [1.54, 1.807) is 0 Å². The largest absolute Gasteiger partial charge is 0.456 e. The standard InChI is InChI=1S/C50H30O2/c1-2-13-31(14-3-1)46-35-16-4-6-18-37(35)47(38-19-7-5-17-36(38)46)32-25-27-33(28-26-32)48-39(29-30-45-49(48)42-20-9-11-24-44(42)51-45)41-22-12-21-40-34-15-8-10-23-43(34)52-50(40)41/h1-30H. The molecule has 0 fully saturated rings. The van der Waals surface area contributed by atoms with Crippen molar-refractivity contribution in [3.63, 3.8) is 0 Å². The Labute approximate surface area is 299 Å². The van der Waals surface area contributed by atoms with E-state index in [1.807, 2.05) is 18.2 Å². The number of hydrogen-bond acceptors (Lipinski definition) is 2. The van der Waals surface area contributed by atoms with Crippen LogP contribution in [0.4, 0.5) is 0 Å². The lowest BCUT2D eigenvalue weighted by Crippen LogP contribution is -1.91. The summed E-state index contributed by atoms with van der Waals surface area (Å²) in [5.41, 5.74) is 12.9. The maximum atomic E-state index is 6.59. The minimum absolute atomic E-state index is 0.870. The van der Waals surface area contributed by atoms with E-state index in [0.29, 0.717) is 0 Å². The SMILES string of the molecule is c1ccc(-c2c3ccccc3c(-c3ccc(-c4c(-c5cccc6c5oc5ccccc56)ccc5oc6ccccc6c45)cc3)c3ccccc23)cc1. The van der Waals surface area contributed by atoms with E-state index >= 15 is 0 Å². The fraction of sp³-hybridized carbons (Fsp3) is 0. The van der Waals surface area contributed by atoms with Crippen molar-refractivity contribution in [1.82, 2.24) is 0 Å². The Morgan fingerprint density at radius 3 is 1.37 bits per heavy atom. The van der Waals surface area contributed by atoms with Crippen molar-refractivity contribution in [3.8, 4) is 44.5 Å². The van der Waals surface area contributed by atoms with Crippen molar-refractivity contribution in [2.75, 3.05) is 0 Å². The summed E-state index contributed by atoms with van der Waals surface area (Å²) in [7, 11) is 0. The Kier molecular flexibility index (Phi) is 6.28. The Balaban J connectivity index is 1.17. The number of benzene rings is 9. The maximum Gasteiger partial charge on any atom is 0.143 e. The van der Waals surface area contributed by atoms with Crippen LogP contribution in [0.5, 0.6) is 0 Å². The van der Waals surface area contributed by atoms with E-state index in [0.717, 1.165) is 66.1 Å². The van der Waals surface area contributed by atoms with Gasteiger partial charge in [-0.2, -0.15) is 0 Å². The second-order valence-corrected chi connectivity index (χ2v) is 13.5. The zero-order valence-electron chi connectivity index (χ0n) is 28.1. The molecule has 0 spiro atoms. The summed E-state index contributed by atoms with van der Waals surface area (Å²) in [5, 5.41) is 9.44. The highest BCUT2D eigenvalue weighted by atomic mass is 16.3. The highest BCUT2D eigenvalue weighted by molar-refractivity contribution is 6.22. The zero-order chi connectivity index (χ0) is 34.2. The topological polar surface area (TPSA) is 26.3 Å². The van der Waals surface area contributed by atoms with Crippen molar-refractivity contribution >= 4 is 65.4 Å². The summed E-state index contributed by atoms with van der Waals surface area (Å²) in [4.78, 5) is 0. The number of rotatable bonds is 4. The Hall–Kier alpha value is -6.90. The van der Waals surface area contributed by atoms with Crippen LogP contribution in [0.2, 0.25) is 0 Å². The molecule has 0 saturated carbocycles. The van der Waals surface area contributed by atoms with E-state index in [4.69, 9.17) is 8.83 Å². The minimum Gasteiger partial charge on any atom is -0.456 e. The van der Waals surface area contributed by atoms with Crippen LogP contribution in [0.15, 0.2) is 191 Å². The van der Waals surface area contributed by atoms with E-state index in [9.17, 15) is 0 Å². The van der Waals surface area contributed by atoms with Crippen LogP contribution in [-0.2, 0) is 0 Å². The second-order valence-electron chi connectivity index (χ2n) is 13.5. The van der Waals surface area contributed by atoms with Crippen LogP contribution in [-0.4, -0.2) is 0 Å². The highest BCUT2D eigenvalue weighted by Gasteiger charge is 2.22. The Bertz CT molecular complexity index is 3100. The Morgan fingerprint density at radius 1 is 0.250 bits per heavy atom. The minimum atomic E-state index is 0.870. The monoisotopic (exact) mass is 662 g/mol. The van der Waals surface area contributed by atoms with Gasteiger partial charge in [0.1, 0.15) is 22.3 Å². The predicted octanol–water partition coefficient (Wildman–Crippen LogP) is 14.5. The number of para-hydroxylation sites is 3. The number of hydrogen-bond donors (Lipinski definition) is 0. The first-order valence-corrected chi connectivity index (χ1v) is 17.8. The maximum absolute atomic E-state index is 6.59. The van der Waals surface area contributed by atoms with E-state index in [1.165, 1.54) is 43.8 Å². The molecule has 0 bridgehead atoms. The first kappa shape index (κ1) is 28.9. The quantitative estimate of drug-likeness (QED) is 0.175. The molecule has 0 amide bonds. The fourth-order valence-corrected chi connectivity index (χ4v) is 8.46. The average molecular weight is 663 g/mol. The molecule has 0 aliphatic heterocycles. The van der Waals surface area contributed by atoms with Crippen LogP contribution in [0.3, 0.4) is 0 Å². The van der Waals surface area contributed by atoms with E-state index in [-0.39, 0.29) is 0 Å². The molecule has 0 aliphatic rings. The van der Waals surface area contributed by atoms with Gasteiger partial charge in [0.15, 0.2) is 0 Å². The molecule has 52 heavy (non-hydrogen) atoms. The normalized spacial score (nSPS) is 11.8. The van der Waals surface area contributed by atoms with Crippen molar-refractivity contribution < 1.29 is 8.83 Å². The molecule has 0 unspecified atom stereocenters. The van der Waals surface area contributed by atoms with Crippen LogP contribution < -0.4 is 0 Å². The van der Waals surface area contributed by atoms with Crippen molar-refractivity contribution in [1.29, 1.82) is 0 Å². The van der Waals surface area contributed by atoms with Gasteiger partial charge in [0.25, 0.3) is 0 Å². The fourth-order valence-electron chi connectivity index (χ4n) is 8.46. The van der Waals surface area contributed by atoms with Crippen molar-refractivity contribution in [2.45, 2.75) is 0 Å². The van der Waals surface area contributed by atoms with Crippen molar-refractivity contribution in [2.24, 2.45) is 0 Å². The molecule has 11 aromatic rings. The van der Waals surface area contributed by atoms with Crippen LogP contribution >= 0.6 is 0 Å². The molecule has 0 atom stereocenters. The average Bonchev–Trinajstić information content (AvgIpc) is 3.79. The molecule has 0 radical (unpaired) electrons. The number of furan rings is 2. The number of fused-ring (bicyclic) bond motifs is 8. The van der Waals surface area contributed by atoms with Crippen LogP contribution in [0.25, 0.3) is 110 Å². The first-order chi connectivity index (χ1) is 25.8. The lowest BCUT2D eigenvalue weighted by Gasteiger charge is -2.18. The van der Waals surface area contributed by atoms with Gasteiger partial charge < -0.3 is 8.83 Å². The summed E-state index contributed by atoms with van der Waals surface area (Å²) in [5.74, 6) is 0. The molecule has 2 aromatic heterocycles. The molecule has 0 saturated heterocycles. The second kappa shape index (κ2) is 11.3. The zero-order valence-corrected chi connectivity index (χ0v) is 28.1. The van der Waals surface area contributed by atoms with Gasteiger partial charge in [0.2, 0.25) is 0 Å². The van der Waals surface area contributed by atoms with Gasteiger partial charge in [-0.15, -0.1) is 0 Å². The van der Waals surface area contributed by atoms with Gasteiger partial charge >= 0.3 is 0 Å². The molecule has 0 N–H and O–H groups in total. The third kappa shape index (κ3) is 4.25. The van der Waals surface area contributed by atoms with Gasteiger partial charge in [0.05, 0.1) is 0 Å². The van der Waals surface area contributed by atoms with E-state index < -0.39 is 0 Å². The van der Waals surface area contributed by atoms with Gasteiger partial charge in [-0.1, -0.05) is 158 Å². The third-order valence-electron chi connectivity index (χ3n) is 10.7. The molecule has 242 valence electrons. The van der Waals surface area contributed by atoms with E-state index in [2.05, 4.69) is 164 Å². The highest BCUT2D eigenvalue weighted by Crippen LogP contribution is 2.47. The predicted molar refractivity (Wildman–Crippen MR) is 218 cm³/mol. The summed E-state index contributed by atoms with van der Waals surface area (Å²) in [6.07, 6.45) is 0. The molecule has 2 heteroatoms. The lowest BCUT2D eigenvalue weighted by molar-refractivity contribution is 0.668. The van der Waals surface area contributed by atoms with Gasteiger partial charge in [-0.3, -0.25) is 0 Å². The molecule has 11 rings (SSSR count). The van der Waals surface area contributed by atoms with Gasteiger partial charge in [0, 0.05) is 32.7 Å². The molecule has 2 nitrogen and oxygen atoms in total. The summed E-state index contributed by atoms with van der Waals surface area (Å²) in [6, 6.07) is 65.0. The van der Waals surface area contributed by atoms with Crippen molar-refractivity contribution in [3.05, 3.63) is 182 Å². The van der Waals surface area contributed by atoms with Gasteiger partial charge in [-0.25, -0.2) is 0 Å². The molecule has 9 aromatic carbocycles. The molecule has 0 aliphatic carbocycles. The molecular weight excluding hydrogens is 633 g/mol. The summed E-state index contributed by atoms with van der Waals surface area (Å²) in [6.45, 7) is 0. The summed E-state index contributed by atoms with van der Waals surface area (Å²) >= 11 is 0. The van der Waals surface area contributed by atoms with Crippen LogP contribution in [0, 0.1) is 0 Å². The third-order valence-corrected chi connectivity index (χ3v) is 10.7. The van der Waals surface area contributed by atoms with Crippen LogP contribution in [0.1, 0.15) is 0 Å². The Morgan fingerprint density at radius 2 is 0.731 bits per heavy atom. The smallest absolute Gasteiger partial charge is 0.143 e. The molecule has 2 heterocycles. The molecular formula is C50H30O2. The lowest BCUT2D eigenvalue weighted by atomic mass is 9.85. The van der Waals surface area contributed by atoms with Gasteiger partial charge in [-0.05, 0) is 79.2 Å². The summed E-state index contributed by atoms with van der Waals surface area (Å²) < 4.78 is 13.0. The first-order valence-electron chi connectivity index (χ1n) is 17.8.